The lowest BCUT2D eigenvalue weighted by Crippen LogP contribution is -2.40. The fourth-order valence-corrected chi connectivity index (χ4v) is 2.85. The molecule has 0 unspecified atom stereocenters. The Morgan fingerprint density at radius 3 is 2.12 bits per heavy atom. The average Bonchev–Trinajstić information content (AvgIpc) is 2.57. The Hall–Kier alpha value is -1.77. The van der Waals surface area contributed by atoms with E-state index in [1.807, 2.05) is 0 Å². The van der Waals surface area contributed by atoms with E-state index in [1.54, 1.807) is 12.1 Å². The van der Waals surface area contributed by atoms with E-state index < -0.39 is 14.4 Å². The van der Waals surface area contributed by atoms with Gasteiger partial charge in [0.25, 0.3) is 0 Å². The molecule has 0 fully saturated rings. The molecule has 0 aliphatic rings. The Bertz CT molecular complexity index is 587. The van der Waals surface area contributed by atoms with Gasteiger partial charge in [0.2, 0.25) is 5.75 Å². The summed E-state index contributed by atoms with van der Waals surface area (Å²) >= 11 is 0. The molecule has 0 saturated heterocycles. The fraction of sp³-hybridized carbons (Fsp3) is 0.611. The quantitative estimate of drug-likeness (QED) is 0.668. The van der Waals surface area contributed by atoms with Gasteiger partial charge in [0.05, 0.1) is 27.4 Å². The van der Waals surface area contributed by atoms with Crippen molar-refractivity contribution in [2.24, 2.45) is 0 Å². The van der Waals surface area contributed by atoms with Gasteiger partial charge in [-0.25, -0.2) is 4.79 Å². The van der Waals surface area contributed by atoms with E-state index in [0.717, 1.165) is 5.56 Å². The van der Waals surface area contributed by atoms with Crippen LogP contribution in [0.2, 0.25) is 18.1 Å². The van der Waals surface area contributed by atoms with E-state index in [0.29, 0.717) is 18.1 Å². The summed E-state index contributed by atoms with van der Waals surface area (Å²) < 4.78 is 22.2. The zero-order valence-corrected chi connectivity index (χ0v) is 17.8. The third-order valence-electron chi connectivity index (χ3n) is 4.50. The second-order valence-electron chi connectivity index (χ2n) is 7.42. The minimum atomic E-state index is -1.90. The van der Waals surface area contributed by atoms with E-state index in [-0.39, 0.29) is 23.9 Å². The summed E-state index contributed by atoms with van der Waals surface area (Å²) in [6.45, 7) is 11.3. The Balaban J connectivity index is 3.03. The lowest BCUT2D eigenvalue weighted by molar-refractivity contribution is 0.191. The van der Waals surface area contributed by atoms with Gasteiger partial charge in [0.15, 0.2) is 19.8 Å². The SMILES string of the molecule is COc1cc(CO[Si](C)(C)C(C)(C)C)cc(OC)c1OC(=O)NCCO. The van der Waals surface area contributed by atoms with Crippen LogP contribution in [0.1, 0.15) is 26.3 Å². The van der Waals surface area contributed by atoms with Gasteiger partial charge in [0, 0.05) is 6.54 Å². The molecule has 0 bridgehead atoms. The van der Waals surface area contributed by atoms with E-state index in [2.05, 4.69) is 39.2 Å². The second kappa shape index (κ2) is 9.25. The molecular weight excluding hydrogens is 354 g/mol. The van der Waals surface area contributed by atoms with Crippen molar-refractivity contribution in [3.05, 3.63) is 17.7 Å². The summed E-state index contributed by atoms with van der Waals surface area (Å²) in [4.78, 5) is 11.8. The first-order valence-electron chi connectivity index (χ1n) is 8.51. The van der Waals surface area contributed by atoms with E-state index in [9.17, 15) is 4.79 Å². The Labute approximate surface area is 156 Å². The fourth-order valence-electron chi connectivity index (χ4n) is 1.89. The van der Waals surface area contributed by atoms with Crippen LogP contribution in [0.15, 0.2) is 12.1 Å². The lowest BCUT2D eigenvalue weighted by atomic mass is 10.2. The number of carbonyl (C=O) groups is 1. The molecule has 26 heavy (non-hydrogen) atoms. The number of amides is 1. The largest absolute Gasteiger partial charge is 0.493 e. The van der Waals surface area contributed by atoms with Crippen molar-refractivity contribution in [3.8, 4) is 17.2 Å². The number of rotatable bonds is 8. The number of hydrogen-bond acceptors (Lipinski definition) is 6. The molecule has 1 aromatic rings. The van der Waals surface area contributed by atoms with Crippen LogP contribution in [0.25, 0.3) is 0 Å². The van der Waals surface area contributed by atoms with Gasteiger partial charge in [0.1, 0.15) is 0 Å². The van der Waals surface area contributed by atoms with Gasteiger partial charge in [-0.05, 0) is 35.8 Å². The molecule has 2 N–H and O–H groups in total. The monoisotopic (exact) mass is 385 g/mol. The number of aliphatic hydroxyl groups excluding tert-OH is 1. The molecule has 1 amide bonds. The number of nitrogens with one attached hydrogen (secondary N) is 1. The van der Waals surface area contributed by atoms with Gasteiger partial charge in [-0.1, -0.05) is 20.8 Å². The van der Waals surface area contributed by atoms with Crippen molar-refractivity contribution in [2.75, 3.05) is 27.4 Å². The van der Waals surface area contributed by atoms with Gasteiger partial charge in [-0.15, -0.1) is 0 Å². The molecule has 0 aromatic heterocycles. The molecule has 1 rings (SSSR count). The van der Waals surface area contributed by atoms with Crippen molar-refractivity contribution in [1.29, 1.82) is 0 Å². The normalized spacial score (nSPS) is 11.8. The average molecular weight is 386 g/mol. The van der Waals surface area contributed by atoms with Gasteiger partial charge >= 0.3 is 6.09 Å². The molecular formula is C18H31NO6Si. The minimum absolute atomic E-state index is 0.0991. The van der Waals surface area contributed by atoms with Crippen molar-refractivity contribution < 1.29 is 28.5 Å². The van der Waals surface area contributed by atoms with Crippen molar-refractivity contribution in [2.45, 2.75) is 45.5 Å². The van der Waals surface area contributed by atoms with Crippen LogP contribution in [-0.2, 0) is 11.0 Å². The summed E-state index contributed by atoms with van der Waals surface area (Å²) in [6, 6.07) is 3.54. The highest BCUT2D eigenvalue weighted by molar-refractivity contribution is 6.74. The third kappa shape index (κ3) is 5.89. The number of methoxy groups -OCH3 is 2. The summed E-state index contributed by atoms with van der Waals surface area (Å²) in [5, 5.41) is 11.3. The number of benzene rings is 1. The van der Waals surface area contributed by atoms with Gasteiger partial charge in [-0.3, -0.25) is 0 Å². The summed E-state index contributed by atoms with van der Waals surface area (Å²) in [5.74, 6) is 0.927. The molecule has 0 aliphatic heterocycles. The highest BCUT2D eigenvalue weighted by atomic mass is 28.4. The number of hydrogen-bond donors (Lipinski definition) is 2. The molecule has 0 aliphatic carbocycles. The topological polar surface area (TPSA) is 86.2 Å². The number of carbonyl (C=O) groups excluding carboxylic acids is 1. The molecule has 0 radical (unpaired) electrons. The standard InChI is InChI=1S/C18H31NO6Si/c1-18(2,3)26(6,7)24-12-13-10-14(22-4)16(15(11-13)23-5)25-17(21)19-8-9-20/h10-11,20H,8-9,12H2,1-7H3,(H,19,21). The van der Waals surface area contributed by atoms with Crippen molar-refractivity contribution in [1.82, 2.24) is 5.32 Å². The molecule has 7 nitrogen and oxygen atoms in total. The van der Waals surface area contributed by atoms with Crippen LogP contribution in [0.3, 0.4) is 0 Å². The molecule has 1 aromatic carbocycles. The highest BCUT2D eigenvalue weighted by Crippen LogP contribution is 2.40. The lowest BCUT2D eigenvalue weighted by Gasteiger charge is -2.36. The number of ether oxygens (including phenoxy) is 3. The van der Waals surface area contributed by atoms with Crippen LogP contribution in [-0.4, -0.2) is 46.9 Å². The van der Waals surface area contributed by atoms with Gasteiger partial charge < -0.3 is 29.1 Å². The molecule has 148 valence electrons. The first-order chi connectivity index (χ1) is 12.1. The maximum absolute atomic E-state index is 11.8. The van der Waals surface area contributed by atoms with Crippen molar-refractivity contribution >= 4 is 14.4 Å². The first kappa shape index (κ1) is 22.3. The maximum Gasteiger partial charge on any atom is 0.412 e. The molecule has 0 atom stereocenters. The first-order valence-corrected chi connectivity index (χ1v) is 11.4. The zero-order chi connectivity index (χ0) is 20.0. The van der Waals surface area contributed by atoms with Crippen LogP contribution in [0.5, 0.6) is 17.2 Å². The van der Waals surface area contributed by atoms with E-state index in [4.69, 9.17) is 23.7 Å². The van der Waals surface area contributed by atoms with Crippen LogP contribution in [0.4, 0.5) is 4.79 Å². The predicted octanol–water partition coefficient (Wildman–Crippen LogP) is 3.31. The Morgan fingerprint density at radius 1 is 1.15 bits per heavy atom. The summed E-state index contributed by atoms with van der Waals surface area (Å²) in [6.07, 6.45) is -0.694. The van der Waals surface area contributed by atoms with Gasteiger partial charge in [-0.2, -0.15) is 0 Å². The third-order valence-corrected chi connectivity index (χ3v) is 8.98. The van der Waals surface area contributed by atoms with Crippen LogP contribution >= 0.6 is 0 Å². The van der Waals surface area contributed by atoms with Crippen LogP contribution in [0, 0.1) is 0 Å². The molecule has 0 saturated carbocycles. The van der Waals surface area contributed by atoms with E-state index in [1.165, 1.54) is 14.2 Å². The maximum atomic E-state index is 11.8. The molecule has 0 heterocycles. The summed E-state index contributed by atoms with van der Waals surface area (Å²) in [5.41, 5.74) is 0.867. The Morgan fingerprint density at radius 2 is 1.69 bits per heavy atom. The molecule has 0 spiro atoms. The zero-order valence-electron chi connectivity index (χ0n) is 16.8. The highest BCUT2D eigenvalue weighted by Gasteiger charge is 2.37. The number of aliphatic hydroxyl groups is 1. The predicted molar refractivity (Wildman–Crippen MR) is 103 cm³/mol. The minimum Gasteiger partial charge on any atom is -0.493 e. The van der Waals surface area contributed by atoms with Crippen molar-refractivity contribution in [3.63, 3.8) is 0 Å². The molecule has 8 heteroatoms. The Kier molecular flexibility index (Phi) is 7.92. The van der Waals surface area contributed by atoms with Crippen LogP contribution < -0.4 is 19.5 Å². The smallest absolute Gasteiger partial charge is 0.412 e. The second-order valence-corrected chi connectivity index (χ2v) is 12.2. The summed E-state index contributed by atoms with van der Waals surface area (Å²) in [7, 11) is 1.09. The van der Waals surface area contributed by atoms with E-state index >= 15 is 0 Å².